The van der Waals surface area contributed by atoms with E-state index in [0.717, 1.165) is 10.6 Å². The normalized spacial score (nSPS) is 10.9. The highest BCUT2D eigenvalue weighted by Gasteiger charge is 2.17. The molecule has 0 aliphatic carbocycles. The van der Waals surface area contributed by atoms with Crippen molar-refractivity contribution in [3.8, 4) is 10.6 Å². The first-order valence-corrected chi connectivity index (χ1v) is 7.71. The molecule has 0 unspecified atom stereocenters. The van der Waals surface area contributed by atoms with Gasteiger partial charge in [0.1, 0.15) is 16.5 Å². The molecule has 2 rings (SSSR count). The van der Waals surface area contributed by atoms with Gasteiger partial charge in [-0.1, -0.05) is 30.3 Å². The Balaban J connectivity index is 2.00. The second-order valence-electron chi connectivity index (χ2n) is 4.86. The Morgan fingerprint density at radius 3 is 2.62 bits per heavy atom. The maximum absolute atomic E-state index is 12.0. The van der Waals surface area contributed by atoms with E-state index < -0.39 is 0 Å². The second-order valence-corrected chi connectivity index (χ2v) is 5.85. The molecule has 0 spiro atoms. The summed E-state index contributed by atoms with van der Waals surface area (Å²) in [6.07, 6.45) is 0.138. The van der Waals surface area contributed by atoms with E-state index >= 15 is 0 Å². The van der Waals surface area contributed by atoms with Crippen LogP contribution in [-0.4, -0.2) is 30.3 Å². The van der Waals surface area contributed by atoms with Crippen LogP contribution in [0.25, 0.3) is 10.6 Å². The predicted molar refractivity (Wildman–Crippen MR) is 83.7 cm³/mol. The number of carbonyl (C=O) groups is 1. The molecule has 0 saturated carbocycles. The van der Waals surface area contributed by atoms with Crippen molar-refractivity contribution >= 4 is 17.3 Å². The lowest BCUT2D eigenvalue weighted by molar-refractivity contribution is 0.0180. The smallest absolute Gasteiger partial charge is 0.350 e. The molecule has 0 amide bonds. The zero-order chi connectivity index (χ0) is 15.2. The van der Waals surface area contributed by atoms with E-state index in [2.05, 4.69) is 4.98 Å². The summed E-state index contributed by atoms with van der Waals surface area (Å²) in [5.41, 5.74) is 1.71. The summed E-state index contributed by atoms with van der Waals surface area (Å²) in [5.74, 6) is -0.334. The summed E-state index contributed by atoms with van der Waals surface area (Å²) in [4.78, 5) is 17.0. The van der Waals surface area contributed by atoms with Crippen molar-refractivity contribution in [2.24, 2.45) is 0 Å². The van der Waals surface area contributed by atoms with Gasteiger partial charge in [-0.15, -0.1) is 11.3 Å². The van der Waals surface area contributed by atoms with Crippen LogP contribution in [0.2, 0.25) is 0 Å². The van der Waals surface area contributed by atoms with Crippen LogP contribution in [0.4, 0.5) is 0 Å². The van der Waals surface area contributed by atoms with Crippen molar-refractivity contribution < 1.29 is 14.3 Å². The summed E-state index contributed by atoms with van der Waals surface area (Å²) in [6.45, 7) is 6.38. The van der Waals surface area contributed by atoms with Crippen molar-refractivity contribution in [2.45, 2.75) is 26.9 Å². The minimum absolute atomic E-state index is 0.138. The van der Waals surface area contributed by atoms with Crippen molar-refractivity contribution in [3.05, 3.63) is 40.9 Å². The third kappa shape index (κ3) is 4.37. The van der Waals surface area contributed by atoms with Gasteiger partial charge in [-0.2, -0.15) is 0 Å². The Morgan fingerprint density at radius 2 is 1.95 bits per heavy atom. The fourth-order valence-electron chi connectivity index (χ4n) is 1.77. The van der Waals surface area contributed by atoms with Gasteiger partial charge in [0.15, 0.2) is 0 Å². The van der Waals surface area contributed by atoms with Crippen molar-refractivity contribution in [1.29, 1.82) is 0 Å². The highest BCUT2D eigenvalue weighted by Crippen LogP contribution is 2.28. The monoisotopic (exact) mass is 305 g/mol. The summed E-state index contributed by atoms with van der Waals surface area (Å²) in [7, 11) is 0. The molecule has 0 atom stereocenters. The topological polar surface area (TPSA) is 48.4 Å². The molecule has 2 aromatic rings. The molecule has 0 aliphatic heterocycles. The number of aryl methyl sites for hydroxylation is 1. The number of hydrogen-bond donors (Lipinski definition) is 0. The van der Waals surface area contributed by atoms with Crippen LogP contribution in [0, 0.1) is 6.92 Å². The summed E-state index contributed by atoms with van der Waals surface area (Å²) in [6, 6.07) is 9.81. The third-order valence-corrected chi connectivity index (χ3v) is 3.96. The Morgan fingerprint density at radius 1 is 1.24 bits per heavy atom. The highest BCUT2D eigenvalue weighted by atomic mass is 32.1. The van der Waals surface area contributed by atoms with Crippen molar-refractivity contribution in [3.63, 3.8) is 0 Å². The summed E-state index contributed by atoms with van der Waals surface area (Å²) >= 11 is 1.36. The largest absolute Gasteiger partial charge is 0.459 e. The van der Waals surface area contributed by atoms with Crippen LogP contribution in [-0.2, 0) is 9.47 Å². The minimum Gasteiger partial charge on any atom is -0.459 e. The average Bonchev–Trinajstić information content (AvgIpc) is 2.86. The fourth-order valence-corrected chi connectivity index (χ4v) is 2.74. The number of carbonyl (C=O) groups excluding carboxylic acids is 1. The van der Waals surface area contributed by atoms with E-state index in [1.54, 1.807) is 0 Å². The van der Waals surface area contributed by atoms with E-state index in [1.807, 2.05) is 51.1 Å². The first-order valence-electron chi connectivity index (χ1n) is 6.89. The molecule has 0 N–H and O–H groups in total. The van der Waals surface area contributed by atoms with Crippen LogP contribution in [0.15, 0.2) is 30.3 Å². The van der Waals surface area contributed by atoms with E-state index in [9.17, 15) is 4.79 Å². The predicted octanol–water partition coefficient (Wildman–Crippen LogP) is 3.70. The first-order chi connectivity index (χ1) is 10.1. The van der Waals surface area contributed by atoms with E-state index in [-0.39, 0.29) is 18.7 Å². The van der Waals surface area contributed by atoms with Crippen molar-refractivity contribution in [2.75, 3.05) is 13.2 Å². The Hall–Kier alpha value is -1.72. The molecular weight excluding hydrogens is 286 g/mol. The molecule has 1 aromatic carbocycles. The number of hydrogen-bond acceptors (Lipinski definition) is 5. The molecule has 0 fully saturated rings. The molecule has 1 aromatic heterocycles. The number of rotatable bonds is 6. The molecule has 112 valence electrons. The van der Waals surface area contributed by atoms with Crippen LogP contribution in [0.1, 0.15) is 29.2 Å². The average molecular weight is 305 g/mol. The maximum atomic E-state index is 12.0. The van der Waals surface area contributed by atoms with Gasteiger partial charge in [0, 0.05) is 5.56 Å². The van der Waals surface area contributed by atoms with Gasteiger partial charge in [0.05, 0.1) is 18.4 Å². The van der Waals surface area contributed by atoms with Gasteiger partial charge >= 0.3 is 5.97 Å². The quantitative estimate of drug-likeness (QED) is 0.603. The summed E-state index contributed by atoms with van der Waals surface area (Å²) in [5, 5.41) is 0.832. The zero-order valence-electron chi connectivity index (χ0n) is 12.5. The number of aromatic nitrogens is 1. The molecule has 4 nitrogen and oxygen atoms in total. The van der Waals surface area contributed by atoms with Crippen molar-refractivity contribution in [1.82, 2.24) is 4.98 Å². The van der Waals surface area contributed by atoms with Gasteiger partial charge in [0.2, 0.25) is 0 Å². The van der Waals surface area contributed by atoms with Crippen LogP contribution >= 0.6 is 11.3 Å². The molecule has 0 aliphatic rings. The lowest BCUT2D eigenvalue weighted by Gasteiger charge is -2.07. The van der Waals surface area contributed by atoms with Gasteiger partial charge in [0.25, 0.3) is 0 Å². The zero-order valence-corrected chi connectivity index (χ0v) is 13.3. The first kappa shape index (κ1) is 15.7. The Kier molecular flexibility index (Phi) is 5.47. The molecule has 0 bridgehead atoms. The van der Waals surface area contributed by atoms with Crippen LogP contribution < -0.4 is 0 Å². The standard InChI is InChI=1S/C16H19NO3S/c1-11(2)19-9-10-20-16(18)14-12(3)17-15(21-14)13-7-5-4-6-8-13/h4-8,11H,9-10H2,1-3H3. The summed E-state index contributed by atoms with van der Waals surface area (Å²) < 4.78 is 10.6. The fraction of sp³-hybridized carbons (Fsp3) is 0.375. The third-order valence-electron chi connectivity index (χ3n) is 2.77. The molecule has 21 heavy (non-hydrogen) atoms. The lowest BCUT2D eigenvalue weighted by Crippen LogP contribution is -2.13. The number of esters is 1. The lowest BCUT2D eigenvalue weighted by atomic mass is 10.2. The van der Waals surface area contributed by atoms with Gasteiger partial charge < -0.3 is 9.47 Å². The second kappa shape index (κ2) is 7.33. The minimum atomic E-state index is -0.334. The van der Waals surface area contributed by atoms with Gasteiger partial charge in [-0.25, -0.2) is 9.78 Å². The van der Waals surface area contributed by atoms with E-state index in [4.69, 9.17) is 9.47 Å². The SMILES string of the molecule is Cc1nc(-c2ccccc2)sc1C(=O)OCCOC(C)C. The van der Waals surface area contributed by atoms with E-state index in [1.165, 1.54) is 11.3 Å². The molecular formula is C16H19NO3S. The van der Waals surface area contributed by atoms with Gasteiger partial charge in [-0.3, -0.25) is 0 Å². The molecule has 0 radical (unpaired) electrons. The maximum Gasteiger partial charge on any atom is 0.350 e. The number of nitrogens with zero attached hydrogens (tertiary/aromatic N) is 1. The molecule has 0 saturated heterocycles. The van der Waals surface area contributed by atoms with Crippen LogP contribution in [0.5, 0.6) is 0 Å². The Labute approximate surface area is 128 Å². The highest BCUT2D eigenvalue weighted by molar-refractivity contribution is 7.17. The molecule has 1 heterocycles. The van der Waals surface area contributed by atoms with Crippen LogP contribution in [0.3, 0.4) is 0 Å². The molecule has 5 heteroatoms. The van der Waals surface area contributed by atoms with Gasteiger partial charge in [-0.05, 0) is 20.8 Å². The number of benzene rings is 1. The number of thiazole rings is 1. The Bertz CT molecular complexity index is 593. The van der Waals surface area contributed by atoms with E-state index in [0.29, 0.717) is 17.2 Å². The number of ether oxygens (including phenoxy) is 2.